The molecule has 71 valence electrons. The van der Waals surface area contributed by atoms with Crippen LogP contribution < -0.4 is 5.73 Å². The fourth-order valence-corrected chi connectivity index (χ4v) is 1.53. The molecule has 2 aromatic heterocycles. The molecule has 3 rings (SSSR count). The second kappa shape index (κ2) is 2.67. The molecule has 0 bridgehead atoms. The number of imidazole rings is 1. The number of hydrogen-bond acceptors (Lipinski definition) is 4. The third-order valence-electron chi connectivity index (χ3n) is 2.43. The first-order valence-corrected chi connectivity index (χ1v) is 4.59. The van der Waals surface area contributed by atoms with Gasteiger partial charge in [0.1, 0.15) is 11.8 Å². The summed E-state index contributed by atoms with van der Waals surface area (Å²) in [6.45, 7) is 0.951. The van der Waals surface area contributed by atoms with Crippen molar-refractivity contribution in [3.63, 3.8) is 0 Å². The number of nitrogen functional groups attached to an aromatic ring is 1. The van der Waals surface area contributed by atoms with Crippen LogP contribution in [-0.4, -0.2) is 19.5 Å². The fraction of sp³-hybridized carbons (Fsp3) is 0.333. The van der Waals surface area contributed by atoms with Crippen LogP contribution in [0.5, 0.6) is 0 Å². The molecular formula is C9H10N5. The standard InChI is InChI=1S/C9H10N5/c10-8-7-9(12-4-11-8)14(5-13-7)3-6-1-2-6/h1,4-6H,2-3H2,(H2,10,11,12). The molecule has 0 aliphatic heterocycles. The summed E-state index contributed by atoms with van der Waals surface area (Å²) in [6, 6.07) is 0. The second-order valence-corrected chi connectivity index (χ2v) is 3.56. The van der Waals surface area contributed by atoms with Crippen LogP contribution in [0.15, 0.2) is 12.7 Å². The Morgan fingerprint density at radius 2 is 2.29 bits per heavy atom. The maximum Gasteiger partial charge on any atom is 0.165 e. The zero-order valence-electron chi connectivity index (χ0n) is 7.59. The van der Waals surface area contributed by atoms with Crippen molar-refractivity contribution in [2.75, 3.05) is 5.73 Å². The van der Waals surface area contributed by atoms with Gasteiger partial charge in [-0.05, 0) is 18.8 Å². The molecule has 2 N–H and O–H groups in total. The number of rotatable bonds is 2. The molecule has 2 heterocycles. The second-order valence-electron chi connectivity index (χ2n) is 3.56. The Hall–Kier alpha value is -1.65. The fourth-order valence-electron chi connectivity index (χ4n) is 1.53. The van der Waals surface area contributed by atoms with Crippen molar-refractivity contribution in [3.8, 4) is 0 Å². The van der Waals surface area contributed by atoms with Gasteiger partial charge in [-0.15, -0.1) is 0 Å². The van der Waals surface area contributed by atoms with Gasteiger partial charge in [0.25, 0.3) is 0 Å². The third kappa shape index (κ3) is 1.13. The van der Waals surface area contributed by atoms with E-state index in [1.165, 1.54) is 12.7 Å². The monoisotopic (exact) mass is 188 g/mol. The SMILES string of the molecule is Nc1ncnc2c1ncn2CC1[CH]C1. The molecule has 1 aliphatic rings. The van der Waals surface area contributed by atoms with Gasteiger partial charge in [-0.25, -0.2) is 15.0 Å². The van der Waals surface area contributed by atoms with Crippen LogP contribution >= 0.6 is 0 Å². The molecule has 14 heavy (non-hydrogen) atoms. The largest absolute Gasteiger partial charge is 0.382 e. The number of aromatic nitrogens is 4. The van der Waals surface area contributed by atoms with Crippen LogP contribution in [0.25, 0.3) is 11.2 Å². The van der Waals surface area contributed by atoms with Gasteiger partial charge < -0.3 is 10.3 Å². The average Bonchev–Trinajstić information content (AvgIpc) is 2.88. The number of nitrogens with two attached hydrogens (primary N) is 1. The minimum Gasteiger partial charge on any atom is -0.382 e. The highest BCUT2D eigenvalue weighted by molar-refractivity contribution is 5.81. The van der Waals surface area contributed by atoms with Crippen molar-refractivity contribution in [1.29, 1.82) is 0 Å². The summed E-state index contributed by atoms with van der Waals surface area (Å²) in [6.07, 6.45) is 6.73. The minimum absolute atomic E-state index is 0.452. The normalized spacial score (nSPS) is 16.3. The van der Waals surface area contributed by atoms with E-state index in [1.54, 1.807) is 6.33 Å². The molecule has 5 heteroatoms. The van der Waals surface area contributed by atoms with Crippen LogP contribution in [0.3, 0.4) is 0 Å². The number of fused-ring (bicyclic) bond motifs is 1. The molecule has 0 amide bonds. The van der Waals surface area contributed by atoms with E-state index in [1.807, 2.05) is 4.57 Å². The van der Waals surface area contributed by atoms with Crippen LogP contribution in [0.1, 0.15) is 6.42 Å². The molecule has 0 saturated heterocycles. The van der Waals surface area contributed by atoms with E-state index in [0.29, 0.717) is 17.3 Å². The van der Waals surface area contributed by atoms with Crippen molar-refractivity contribution >= 4 is 17.0 Å². The highest BCUT2D eigenvalue weighted by Gasteiger charge is 2.23. The Bertz CT molecular complexity index is 471. The van der Waals surface area contributed by atoms with E-state index in [9.17, 15) is 0 Å². The van der Waals surface area contributed by atoms with Gasteiger partial charge in [0, 0.05) is 6.54 Å². The van der Waals surface area contributed by atoms with Gasteiger partial charge in [-0.2, -0.15) is 0 Å². The summed E-state index contributed by atoms with van der Waals surface area (Å²) in [7, 11) is 0. The molecule has 1 fully saturated rings. The summed E-state index contributed by atoms with van der Waals surface area (Å²) in [5.74, 6) is 1.14. The minimum atomic E-state index is 0.452. The Labute approximate surface area is 81.0 Å². The predicted octanol–water partition coefficient (Wildman–Crippen LogP) is 0.633. The summed E-state index contributed by atoms with van der Waals surface area (Å²) < 4.78 is 2.03. The van der Waals surface area contributed by atoms with Crippen molar-refractivity contribution < 1.29 is 0 Å². The highest BCUT2D eigenvalue weighted by atomic mass is 15.1. The van der Waals surface area contributed by atoms with Gasteiger partial charge in [-0.3, -0.25) is 0 Å². The zero-order valence-corrected chi connectivity index (χ0v) is 7.59. The molecule has 0 spiro atoms. The Balaban J connectivity index is 2.10. The smallest absolute Gasteiger partial charge is 0.165 e. The topological polar surface area (TPSA) is 69.6 Å². The van der Waals surface area contributed by atoms with Crippen LogP contribution in [0, 0.1) is 12.3 Å². The molecule has 1 radical (unpaired) electrons. The number of nitrogens with zero attached hydrogens (tertiary/aromatic N) is 4. The summed E-state index contributed by atoms with van der Waals surface area (Å²) in [5.41, 5.74) is 7.21. The molecule has 1 aliphatic carbocycles. The average molecular weight is 188 g/mol. The van der Waals surface area contributed by atoms with Crippen molar-refractivity contribution in [2.45, 2.75) is 13.0 Å². The van der Waals surface area contributed by atoms with E-state index in [2.05, 4.69) is 21.4 Å². The summed E-state index contributed by atoms with van der Waals surface area (Å²) in [4.78, 5) is 12.3. The van der Waals surface area contributed by atoms with Crippen molar-refractivity contribution in [1.82, 2.24) is 19.5 Å². The lowest BCUT2D eigenvalue weighted by atomic mass is 10.4. The summed E-state index contributed by atoms with van der Waals surface area (Å²) in [5, 5.41) is 0. The first-order valence-electron chi connectivity index (χ1n) is 4.59. The lowest BCUT2D eigenvalue weighted by molar-refractivity contribution is 0.652. The molecule has 1 saturated carbocycles. The molecule has 2 aromatic rings. The van der Waals surface area contributed by atoms with E-state index in [4.69, 9.17) is 5.73 Å². The van der Waals surface area contributed by atoms with Gasteiger partial charge in [0.15, 0.2) is 11.5 Å². The molecular weight excluding hydrogens is 178 g/mol. The lowest BCUT2D eigenvalue weighted by Crippen LogP contribution is -2.00. The number of hydrogen-bond donors (Lipinski definition) is 1. The third-order valence-corrected chi connectivity index (χ3v) is 2.43. The lowest BCUT2D eigenvalue weighted by Gasteiger charge is -2.00. The van der Waals surface area contributed by atoms with Gasteiger partial charge in [0.2, 0.25) is 0 Å². The molecule has 1 unspecified atom stereocenters. The maximum absolute atomic E-state index is 5.68. The van der Waals surface area contributed by atoms with Crippen molar-refractivity contribution in [3.05, 3.63) is 19.1 Å². The van der Waals surface area contributed by atoms with Crippen LogP contribution in [0.4, 0.5) is 5.82 Å². The highest BCUT2D eigenvalue weighted by Crippen LogP contribution is 2.30. The predicted molar refractivity (Wildman–Crippen MR) is 52.1 cm³/mol. The molecule has 5 nitrogen and oxygen atoms in total. The van der Waals surface area contributed by atoms with Crippen LogP contribution in [0.2, 0.25) is 0 Å². The Morgan fingerprint density at radius 3 is 3.07 bits per heavy atom. The maximum atomic E-state index is 5.68. The van der Waals surface area contributed by atoms with E-state index in [-0.39, 0.29) is 0 Å². The van der Waals surface area contributed by atoms with Gasteiger partial charge in [-0.1, -0.05) is 0 Å². The Morgan fingerprint density at radius 1 is 1.43 bits per heavy atom. The van der Waals surface area contributed by atoms with E-state index >= 15 is 0 Å². The zero-order chi connectivity index (χ0) is 9.54. The van der Waals surface area contributed by atoms with Gasteiger partial charge >= 0.3 is 0 Å². The summed E-state index contributed by atoms with van der Waals surface area (Å²) >= 11 is 0. The van der Waals surface area contributed by atoms with Gasteiger partial charge in [0.05, 0.1) is 6.33 Å². The molecule has 1 atom stereocenters. The first-order chi connectivity index (χ1) is 6.84. The van der Waals surface area contributed by atoms with Crippen LogP contribution in [-0.2, 0) is 6.54 Å². The van der Waals surface area contributed by atoms with Crippen molar-refractivity contribution in [2.24, 2.45) is 5.92 Å². The van der Waals surface area contributed by atoms with E-state index in [0.717, 1.165) is 12.2 Å². The first kappa shape index (κ1) is 7.73. The quantitative estimate of drug-likeness (QED) is 0.750. The Kier molecular flexibility index (Phi) is 1.47. The number of anilines is 1. The van der Waals surface area contributed by atoms with E-state index < -0.39 is 0 Å². The molecule has 0 aromatic carbocycles.